The van der Waals surface area contributed by atoms with Crippen LogP contribution in [0.5, 0.6) is 0 Å². The van der Waals surface area contributed by atoms with Crippen molar-refractivity contribution >= 4 is 41.0 Å². The topological polar surface area (TPSA) is 87.0 Å². The number of fused-ring (bicyclic) bond motifs is 1. The Morgan fingerprint density at radius 2 is 1.79 bits per heavy atom. The largest absolute Gasteiger partial charge is 0.465 e. The molecule has 0 saturated carbocycles. The fourth-order valence-electron chi connectivity index (χ4n) is 3.74. The van der Waals surface area contributed by atoms with E-state index in [1.165, 1.54) is 23.0 Å². The molecule has 2 aromatic carbocycles. The summed E-state index contributed by atoms with van der Waals surface area (Å²) in [5.41, 5.74) is 2.40. The molecule has 2 heterocycles. The first-order valence-corrected chi connectivity index (χ1v) is 11.7. The molecule has 0 N–H and O–H groups in total. The number of hydrogen-bond acceptors (Lipinski definition) is 7. The standard InChI is InChI=1S/C25H21ClN2O5S/c1-4-33-24(31)20-14(2)27-25-28(21(20)16-9-11-18(26)12-10-16)22(29)19(34-25)13-15-5-7-17(8-6-15)23(30)32-3/h5-13,21H,4H2,1-3H3/b19-13-/t21-/m0/s1. The number of rotatable bonds is 5. The minimum absolute atomic E-state index is 0.203. The van der Waals surface area contributed by atoms with E-state index in [4.69, 9.17) is 21.1 Å². The molecule has 0 radical (unpaired) electrons. The Kier molecular flexibility index (Phi) is 6.81. The summed E-state index contributed by atoms with van der Waals surface area (Å²) in [6.07, 6.45) is 1.73. The molecule has 0 amide bonds. The van der Waals surface area contributed by atoms with Crippen LogP contribution in [0.3, 0.4) is 0 Å². The number of methoxy groups -OCH3 is 1. The Hall–Kier alpha value is -3.49. The molecule has 4 rings (SSSR count). The highest BCUT2D eigenvalue weighted by Gasteiger charge is 2.33. The number of carbonyl (C=O) groups excluding carboxylic acids is 2. The predicted molar refractivity (Wildman–Crippen MR) is 130 cm³/mol. The maximum Gasteiger partial charge on any atom is 0.338 e. The Bertz CT molecular complexity index is 1470. The van der Waals surface area contributed by atoms with Crippen LogP contribution in [0.2, 0.25) is 5.02 Å². The van der Waals surface area contributed by atoms with Gasteiger partial charge in [-0.05, 0) is 55.3 Å². The zero-order chi connectivity index (χ0) is 24.4. The van der Waals surface area contributed by atoms with Crippen molar-refractivity contribution in [1.82, 2.24) is 4.57 Å². The van der Waals surface area contributed by atoms with E-state index in [9.17, 15) is 14.4 Å². The highest BCUT2D eigenvalue weighted by molar-refractivity contribution is 7.07. The molecule has 0 spiro atoms. The number of hydrogen-bond donors (Lipinski definition) is 0. The molecule has 1 aliphatic rings. The summed E-state index contributed by atoms with van der Waals surface area (Å²) in [5, 5.41) is 0.546. The first-order valence-electron chi connectivity index (χ1n) is 10.5. The number of halogens is 1. The van der Waals surface area contributed by atoms with Gasteiger partial charge in [0.2, 0.25) is 0 Å². The van der Waals surface area contributed by atoms with Crippen molar-refractivity contribution in [3.05, 3.63) is 101 Å². The maximum atomic E-state index is 13.5. The normalized spacial score (nSPS) is 15.5. The smallest absolute Gasteiger partial charge is 0.338 e. The summed E-state index contributed by atoms with van der Waals surface area (Å²) in [4.78, 5) is 43.1. The lowest BCUT2D eigenvalue weighted by atomic mass is 9.96. The van der Waals surface area contributed by atoms with Gasteiger partial charge in [0.15, 0.2) is 4.80 Å². The fourth-order valence-corrected chi connectivity index (χ4v) is 4.91. The van der Waals surface area contributed by atoms with Gasteiger partial charge in [-0.15, -0.1) is 0 Å². The SMILES string of the molecule is CCOC(=O)C1=C(C)N=c2s/c(=C\c3ccc(C(=O)OC)cc3)c(=O)n2[C@H]1c1ccc(Cl)cc1. The van der Waals surface area contributed by atoms with Crippen LogP contribution in [0.1, 0.15) is 41.4 Å². The van der Waals surface area contributed by atoms with Gasteiger partial charge in [0, 0.05) is 5.02 Å². The summed E-state index contributed by atoms with van der Waals surface area (Å²) in [5.74, 6) is -0.952. The van der Waals surface area contributed by atoms with Gasteiger partial charge in [-0.1, -0.05) is 47.2 Å². The zero-order valence-corrected chi connectivity index (χ0v) is 20.3. The molecule has 1 aromatic heterocycles. The van der Waals surface area contributed by atoms with E-state index >= 15 is 0 Å². The highest BCUT2D eigenvalue weighted by atomic mass is 35.5. The second-order valence-corrected chi connectivity index (χ2v) is 8.91. The Labute approximate surface area is 204 Å². The molecule has 174 valence electrons. The molecule has 0 unspecified atom stereocenters. The van der Waals surface area contributed by atoms with Gasteiger partial charge >= 0.3 is 11.9 Å². The average Bonchev–Trinajstić information content (AvgIpc) is 3.13. The number of ether oxygens (including phenoxy) is 2. The van der Waals surface area contributed by atoms with Crippen molar-refractivity contribution in [2.45, 2.75) is 19.9 Å². The monoisotopic (exact) mass is 496 g/mol. The summed E-state index contributed by atoms with van der Waals surface area (Å²) in [6.45, 7) is 3.67. The molecule has 0 bridgehead atoms. The summed E-state index contributed by atoms with van der Waals surface area (Å²) in [6, 6.07) is 13.0. The molecule has 0 aliphatic carbocycles. The molecule has 9 heteroatoms. The minimum Gasteiger partial charge on any atom is -0.465 e. The van der Waals surface area contributed by atoms with Crippen LogP contribution in [-0.2, 0) is 14.3 Å². The van der Waals surface area contributed by atoms with Crippen molar-refractivity contribution in [1.29, 1.82) is 0 Å². The minimum atomic E-state index is -0.698. The second kappa shape index (κ2) is 9.79. The third-order valence-corrected chi connectivity index (χ3v) is 6.57. The quantitative estimate of drug-likeness (QED) is 0.506. The van der Waals surface area contributed by atoms with E-state index < -0.39 is 18.0 Å². The summed E-state index contributed by atoms with van der Waals surface area (Å²) >= 11 is 7.30. The Morgan fingerprint density at radius 3 is 2.41 bits per heavy atom. The first-order chi connectivity index (χ1) is 16.3. The van der Waals surface area contributed by atoms with Crippen LogP contribution < -0.4 is 14.9 Å². The number of carbonyl (C=O) groups is 2. The third-order valence-electron chi connectivity index (χ3n) is 5.33. The van der Waals surface area contributed by atoms with Gasteiger partial charge < -0.3 is 9.47 Å². The number of benzene rings is 2. The van der Waals surface area contributed by atoms with Crippen LogP contribution in [0.4, 0.5) is 0 Å². The number of thiazole rings is 1. The van der Waals surface area contributed by atoms with E-state index in [2.05, 4.69) is 4.99 Å². The van der Waals surface area contributed by atoms with E-state index in [0.29, 0.717) is 31.2 Å². The Morgan fingerprint density at radius 1 is 1.12 bits per heavy atom. The number of nitrogens with zero attached hydrogens (tertiary/aromatic N) is 2. The number of esters is 2. The van der Waals surface area contributed by atoms with Crippen molar-refractivity contribution in [3.8, 4) is 0 Å². The lowest BCUT2D eigenvalue weighted by molar-refractivity contribution is -0.139. The van der Waals surface area contributed by atoms with Gasteiger partial charge in [-0.2, -0.15) is 0 Å². The lowest BCUT2D eigenvalue weighted by Gasteiger charge is -2.24. The molecular weight excluding hydrogens is 476 g/mol. The van der Waals surface area contributed by atoms with Crippen molar-refractivity contribution < 1.29 is 19.1 Å². The van der Waals surface area contributed by atoms with Gasteiger partial charge in [0.1, 0.15) is 0 Å². The van der Waals surface area contributed by atoms with Crippen LogP contribution in [0.25, 0.3) is 6.08 Å². The first kappa shape index (κ1) is 23.7. The molecular formula is C25H21ClN2O5S. The molecule has 3 aromatic rings. The van der Waals surface area contributed by atoms with Crippen LogP contribution in [0.15, 0.2) is 69.6 Å². The van der Waals surface area contributed by atoms with Crippen LogP contribution >= 0.6 is 22.9 Å². The molecule has 7 nitrogen and oxygen atoms in total. The van der Waals surface area contributed by atoms with Gasteiger partial charge in [-0.25, -0.2) is 14.6 Å². The average molecular weight is 497 g/mol. The van der Waals surface area contributed by atoms with Crippen molar-refractivity contribution in [2.24, 2.45) is 4.99 Å². The maximum absolute atomic E-state index is 13.5. The lowest BCUT2D eigenvalue weighted by Crippen LogP contribution is -2.39. The van der Waals surface area contributed by atoms with Crippen LogP contribution in [0, 0.1) is 0 Å². The predicted octanol–water partition coefficient (Wildman–Crippen LogP) is 3.24. The second-order valence-electron chi connectivity index (χ2n) is 7.47. The van der Waals surface area contributed by atoms with E-state index in [-0.39, 0.29) is 12.2 Å². The molecule has 1 atom stereocenters. The summed E-state index contributed by atoms with van der Waals surface area (Å²) in [7, 11) is 1.32. The molecule has 1 aliphatic heterocycles. The molecule has 0 fully saturated rings. The zero-order valence-electron chi connectivity index (χ0n) is 18.7. The summed E-state index contributed by atoms with van der Waals surface area (Å²) < 4.78 is 12.0. The van der Waals surface area contributed by atoms with Gasteiger partial charge in [-0.3, -0.25) is 9.36 Å². The van der Waals surface area contributed by atoms with E-state index in [1.807, 2.05) is 0 Å². The molecule has 34 heavy (non-hydrogen) atoms. The number of aromatic nitrogens is 1. The van der Waals surface area contributed by atoms with Crippen molar-refractivity contribution in [2.75, 3.05) is 13.7 Å². The highest BCUT2D eigenvalue weighted by Crippen LogP contribution is 2.31. The van der Waals surface area contributed by atoms with Gasteiger partial charge in [0.25, 0.3) is 5.56 Å². The van der Waals surface area contributed by atoms with Crippen molar-refractivity contribution in [3.63, 3.8) is 0 Å². The fraction of sp³-hybridized carbons (Fsp3) is 0.200. The molecule has 0 saturated heterocycles. The van der Waals surface area contributed by atoms with E-state index in [1.54, 1.807) is 68.5 Å². The van der Waals surface area contributed by atoms with Gasteiger partial charge in [0.05, 0.1) is 41.1 Å². The third kappa shape index (κ3) is 4.47. The van der Waals surface area contributed by atoms with E-state index in [0.717, 1.165) is 11.1 Å². The number of allylic oxidation sites excluding steroid dienone is 1. The van der Waals surface area contributed by atoms with Crippen LogP contribution in [-0.4, -0.2) is 30.2 Å². The Balaban J connectivity index is 1.87.